The van der Waals surface area contributed by atoms with Gasteiger partial charge >= 0.3 is 0 Å². The molecule has 80 valence electrons. The summed E-state index contributed by atoms with van der Waals surface area (Å²) in [5, 5.41) is 21.8. The number of hydrogen-bond acceptors (Lipinski definition) is 3. The van der Waals surface area contributed by atoms with Gasteiger partial charge in [-0.05, 0) is 27.2 Å². The molecular weight excluding hydrogens is 166 g/mol. The zero-order chi connectivity index (χ0) is 10.5. The van der Waals surface area contributed by atoms with Crippen molar-refractivity contribution in [1.29, 1.82) is 0 Å². The molecule has 0 unspecified atom stereocenters. The number of aliphatic hydroxyl groups is 2. The van der Waals surface area contributed by atoms with E-state index in [1.54, 1.807) is 0 Å². The van der Waals surface area contributed by atoms with Gasteiger partial charge in [0.25, 0.3) is 0 Å². The summed E-state index contributed by atoms with van der Waals surface area (Å²) in [5.41, 5.74) is -0.604. The molecule has 3 nitrogen and oxygen atoms in total. The number of hydrogen-bond donors (Lipinski definition) is 3. The molecule has 0 amide bonds. The van der Waals surface area contributed by atoms with Crippen molar-refractivity contribution in [1.82, 2.24) is 5.32 Å². The molecule has 0 aromatic rings. The zero-order valence-corrected chi connectivity index (χ0v) is 9.22. The lowest BCUT2D eigenvalue weighted by atomic mass is 9.92. The molecule has 0 aliphatic carbocycles. The van der Waals surface area contributed by atoms with Crippen molar-refractivity contribution in [2.24, 2.45) is 0 Å². The maximum Gasteiger partial charge on any atom is 0.0652 e. The summed E-state index contributed by atoms with van der Waals surface area (Å²) in [5.74, 6) is 0. The smallest absolute Gasteiger partial charge is 0.0652 e. The summed E-state index contributed by atoms with van der Waals surface area (Å²) in [6.07, 6.45) is 1.74. The van der Waals surface area contributed by atoms with Crippen molar-refractivity contribution in [2.75, 3.05) is 13.2 Å². The van der Waals surface area contributed by atoms with Crippen LogP contribution in [0.15, 0.2) is 0 Å². The molecule has 3 N–H and O–H groups in total. The molecule has 3 heteroatoms. The first-order valence-electron chi connectivity index (χ1n) is 4.90. The first-order valence-corrected chi connectivity index (χ1v) is 4.90. The molecule has 0 aromatic heterocycles. The van der Waals surface area contributed by atoms with Gasteiger partial charge in [-0.25, -0.2) is 0 Å². The summed E-state index contributed by atoms with van der Waals surface area (Å²) in [6, 6.07) is 0. The Bertz CT molecular complexity index is 136. The molecule has 0 atom stereocenters. The van der Waals surface area contributed by atoms with Crippen LogP contribution in [-0.4, -0.2) is 34.5 Å². The summed E-state index contributed by atoms with van der Waals surface area (Å²) in [6.45, 7) is 8.10. The maximum absolute atomic E-state index is 9.25. The minimum absolute atomic E-state index is 0.0192. The largest absolute Gasteiger partial charge is 0.394 e. The third-order valence-electron chi connectivity index (χ3n) is 1.97. The summed E-state index contributed by atoms with van der Waals surface area (Å²) >= 11 is 0. The van der Waals surface area contributed by atoms with Gasteiger partial charge < -0.3 is 15.5 Å². The number of rotatable bonds is 5. The van der Waals surface area contributed by atoms with Crippen molar-refractivity contribution < 1.29 is 10.2 Å². The Kier molecular flexibility index (Phi) is 4.89. The molecule has 0 spiro atoms. The second-order valence-electron chi connectivity index (χ2n) is 4.72. The Morgan fingerprint density at radius 1 is 1.08 bits per heavy atom. The SMILES string of the molecule is CCCC(CO)(CO)NC(C)(C)C. The van der Waals surface area contributed by atoms with E-state index in [9.17, 15) is 10.2 Å². The van der Waals surface area contributed by atoms with Crippen molar-refractivity contribution >= 4 is 0 Å². The first-order chi connectivity index (χ1) is 5.89. The molecule has 0 saturated carbocycles. The van der Waals surface area contributed by atoms with E-state index in [1.807, 2.05) is 27.7 Å². The van der Waals surface area contributed by atoms with E-state index in [0.717, 1.165) is 12.8 Å². The van der Waals surface area contributed by atoms with Crippen LogP contribution >= 0.6 is 0 Å². The Morgan fingerprint density at radius 3 is 1.77 bits per heavy atom. The van der Waals surface area contributed by atoms with Gasteiger partial charge in [0.1, 0.15) is 0 Å². The molecule has 0 radical (unpaired) electrons. The second-order valence-corrected chi connectivity index (χ2v) is 4.72. The van der Waals surface area contributed by atoms with Gasteiger partial charge in [-0.3, -0.25) is 0 Å². The van der Waals surface area contributed by atoms with Crippen molar-refractivity contribution in [3.8, 4) is 0 Å². The molecule has 0 bridgehead atoms. The van der Waals surface area contributed by atoms with Gasteiger partial charge in [-0.2, -0.15) is 0 Å². The lowest BCUT2D eigenvalue weighted by molar-refractivity contribution is 0.0627. The normalized spacial score (nSPS) is 13.4. The minimum Gasteiger partial charge on any atom is -0.394 e. The Hall–Kier alpha value is -0.120. The van der Waals surface area contributed by atoms with Crippen LogP contribution in [0, 0.1) is 0 Å². The number of nitrogens with one attached hydrogen (secondary N) is 1. The third kappa shape index (κ3) is 4.60. The highest BCUT2D eigenvalue weighted by molar-refractivity contribution is 4.91. The van der Waals surface area contributed by atoms with Gasteiger partial charge in [-0.1, -0.05) is 13.3 Å². The van der Waals surface area contributed by atoms with E-state index in [-0.39, 0.29) is 18.8 Å². The summed E-state index contributed by atoms with van der Waals surface area (Å²) in [4.78, 5) is 0. The summed E-state index contributed by atoms with van der Waals surface area (Å²) < 4.78 is 0. The topological polar surface area (TPSA) is 52.5 Å². The molecule has 0 fully saturated rings. The lowest BCUT2D eigenvalue weighted by Gasteiger charge is -2.38. The highest BCUT2D eigenvalue weighted by Gasteiger charge is 2.31. The van der Waals surface area contributed by atoms with Crippen LogP contribution in [0.2, 0.25) is 0 Å². The molecule has 0 saturated heterocycles. The van der Waals surface area contributed by atoms with Crippen LogP contribution in [0.25, 0.3) is 0 Å². The quantitative estimate of drug-likeness (QED) is 0.602. The van der Waals surface area contributed by atoms with Crippen molar-refractivity contribution in [2.45, 2.75) is 51.6 Å². The second kappa shape index (κ2) is 4.94. The minimum atomic E-state index is -0.521. The number of aliphatic hydroxyl groups excluding tert-OH is 2. The molecule has 13 heavy (non-hydrogen) atoms. The van der Waals surface area contributed by atoms with Gasteiger partial charge in [-0.15, -0.1) is 0 Å². The van der Waals surface area contributed by atoms with E-state index in [4.69, 9.17) is 0 Å². The van der Waals surface area contributed by atoms with Crippen LogP contribution in [-0.2, 0) is 0 Å². The lowest BCUT2D eigenvalue weighted by Crippen LogP contribution is -2.58. The molecular formula is C10H23NO2. The van der Waals surface area contributed by atoms with Crippen LogP contribution in [0.3, 0.4) is 0 Å². The maximum atomic E-state index is 9.25. The monoisotopic (exact) mass is 189 g/mol. The average molecular weight is 189 g/mol. The van der Waals surface area contributed by atoms with E-state index >= 15 is 0 Å². The summed E-state index contributed by atoms with van der Waals surface area (Å²) in [7, 11) is 0. The van der Waals surface area contributed by atoms with Gasteiger partial charge in [0.2, 0.25) is 0 Å². The van der Waals surface area contributed by atoms with Gasteiger partial charge in [0.05, 0.1) is 18.8 Å². The third-order valence-corrected chi connectivity index (χ3v) is 1.97. The van der Waals surface area contributed by atoms with Gasteiger partial charge in [0, 0.05) is 5.54 Å². The average Bonchev–Trinajstić information content (AvgIpc) is 2.01. The molecule has 0 rings (SSSR count). The molecule has 0 aromatic carbocycles. The van der Waals surface area contributed by atoms with Crippen LogP contribution in [0.1, 0.15) is 40.5 Å². The zero-order valence-electron chi connectivity index (χ0n) is 9.22. The van der Waals surface area contributed by atoms with Crippen LogP contribution < -0.4 is 5.32 Å². The Morgan fingerprint density at radius 2 is 1.54 bits per heavy atom. The van der Waals surface area contributed by atoms with Crippen molar-refractivity contribution in [3.05, 3.63) is 0 Å². The van der Waals surface area contributed by atoms with E-state index < -0.39 is 5.54 Å². The van der Waals surface area contributed by atoms with Crippen molar-refractivity contribution in [3.63, 3.8) is 0 Å². The Labute approximate surface area is 81.2 Å². The predicted octanol–water partition coefficient (Wildman–Crippen LogP) is 0.898. The van der Waals surface area contributed by atoms with E-state index in [1.165, 1.54) is 0 Å². The van der Waals surface area contributed by atoms with Crippen LogP contribution in [0.5, 0.6) is 0 Å². The molecule has 0 aliphatic heterocycles. The standard InChI is InChI=1S/C10H23NO2/c1-5-6-10(7-12,8-13)11-9(2,3)4/h11-13H,5-8H2,1-4H3. The fraction of sp³-hybridized carbons (Fsp3) is 1.00. The first kappa shape index (κ1) is 12.9. The fourth-order valence-corrected chi connectivity index (χ4v) is 1.62. The van der Waals surface area contributed by atoms with E-state index in [2.05, 4.69) is 5.32 Å². The highest BCUT2D eigenvalue weighted by Crippen LogP contribution is 2.16. The van der Waals surface area contributed by atoms with E-state index in [0.29, 0.717) is 0 Å². The Balaban J connectivity index is 4.38. The fourth-order valence-electron chi connectivity index (χ4n) is 1.62. The van der Waals surface area contributed by atoms with Crippen LogP contribution in [0.4, 0.5) is 0 Å². The molecule has 0 heterocycles. The van der Waals surface area contributed by atoms with Gasteiger partial charge in [0.15, 0.2) is 0 Å². The highest BCUT2D eigenvalue weighted by atomic mass is 16.3. The predicted molar refractivity (Wildman–Crippen MR) is 54.7 cm³/mol. The molecule has 0 aliphatic rings.